The molecule has 0 atom stereocenters. The van der Waals surface area contributed by atoms with Gasteiger partial charge in [0.25, 0.3) is 0 Å². The minimum atomic E-state index is -0.325. The number of anilines is 1. The van der Waals surface area contributed by atoms with Gasteiger partial charge in [-0.2, -0.15) is 0 Å². The summed E-state index contributed by atoms with van der Waals surface area (Å²) in [6, 6.07) is 4.90. The number of nitrogens with one attached hydrogen (secondary N) is 3. The zero-order valence-corrected chi connectivity index (χ0v) is 15.4. The molecule has 130 valence electrons. The highest BCUT2D eigenvalue weighted by Crippen LogP contribution is 2.22. The lowest BCUT2D eigenvalue weighted by molar-refractivity contribution is 0.199. The van der Waals surface area contributed by atoms with E-state index in [2.05, 4.69) is 20.9 Å². The number of nitrogens with zero attached hydrogens (tertiary/aromatic N) is 1. The van der Waals surface area contributed by atoms with Crippen molar-refractivity contribution < 1.29 is 9.53 Å². The SMILES string of the molecule is COCCNCc1csc(NC(=O)NCc2ccc(Cl)c(Cl)c2)n1. The van der Waals surface area contributed by atoms with E-state index in [1.165, 1.54) is 11.3 Å². The molecule has 0 aliphatic carbocycles. The van der Waals surface area contributed by atoms with Crippen LogP contribution in [0.15, 0.2) is 23.6 Å². The van der Waals surface area contributed by atoms with Crippen LogP contribution in [0.2, 0.25) is 10.0 Å². The highest BCUT2D eigenvalue weighted by molar-refractivity contribution is 7.13. The Balaban J connectivity index is 1.75. The first-order valence-electron chi connectivity index (χ1n) is 7.21. The standard InChI is InChI=1S/C15H18Cl2N4O2S/c1-23-5-4-18-8-11-9-24-15(20-11)21-14(22)19-7-10-2-3-12(16)13(17)6-10/h2-3,6,9,18H,4-5,7-8H2,1H3,(H2,19,20,21,22). The molecule has 0 bridgehead atoms. The van der Waals surface area contributed by atoms with Crippen LogP contribution in [0.4, 0.5) is 9.93 Å². The number of amides is 2. The first-order valence-corrected chi connectivity index (χ1v) is 8.85. The summed E-state index contributed by atoms with van der Waals surface area (Å²) in [5.41, 5.74) is 1.73. The number of halogens is 2. The number of rotatable bonds is 8. The van der Waals surface area contributed by atoms with Gasteiger partial charge in [0, 0.05) is 32.1 Å². The quantitative estimate of drug-likeness (QED) is 0.604. The summed E-state index contributed by atoms with van der Waals surface area (Å²) in [7, 11) is 1.66. The lowest BCUT2D eigenvalue weighted by Gasteiger charge is -2.06. The Morgan fingerprint density at radius 3 is 2.88 bits per heavy atom. The number of thiazole rings is 1. The van der Waals surface area contributed by atoms with Crippen LogP contribution in [-0.4, -0.2) is 31.3 Å². The molecule has 1 aromatic heterocycles. The molecule has 0 saturated carbocycles. The highest BCUT2D eigenvalue weighted by Gasteiger charge is 2.07. The molecule has 9 heteroatoms. The van der Waals surface area contributed by atoms with Crippen LogP contribution < -0.4 is 16.0 Å². The third-order valence-electron chi connectivity index (χ3n) is 3.00. The van der Waals surface area contributed by atoms with Gasteiger partial charge in [0.2, 0.25) is 0 Å². The van der Waals surface area contributed by atoms with Crippen LogP contribution in [0.5, 0.6) is 0 Å². The predicted molar refractivity (Wildman–Crippen MR) is 98.0 cm³/mol. The molecule has 0 saturated heterocycles. The molecule has 1 heterocycles. The zero-order valence-electron chi connectivity index (χ0n) is 13.1. The molecule has 0 aliphatic rings. The van der Waals surface area contributed by atoms with Gasteiger partial charge in [-0.3, -0.25) is 5.32 Å². The number of hydrogen-bond donors (Lipinski definition) is 3. The molecule has 0 fully saturated rings. The maximum absolute atomic E-state index is 11.9. The van der Waals surface area contributed by atoms with Crippen molar-refractivity contribution in [2.24, 2.45) is 0 Å². The number of carbonyl (C=O) groups is 1. The van der Waals surface area contributed by atoms with Crippen LogP contribution in [0.1, 0.15) is 11.3 Å². The first-order chi connectivity index (χ1) is 11.6. The third-order valence-corrected chi connectivity index (χ3v) is 4.54. The second kappa shape index (κ2) is 9.80. The van der Waals surface area contributed by atoms with E-state index >= 15 is 0 Å². The molecule has 6 nitrogen and oxygen atoms in total. The molecule has 0 aliphatic heterocycles. The molecule has 2 amide bonds. The van der Waals surface area contributed by atoms with Crippen LogP contribution in [0, 0.1) is 0 Å². The Morgan fingerprint density at radius 2 is 2.12 bits per heavy atom. The minimum Gasteiger partial charge on any atom is -0.383 e. The summed E-state index contributed by atoms with van der Waals surface area (Å²) < 4.78 is 4.95. The highest BCUT2D eigenvalue weighted by atomic mass is 35.5. The molecule has 2 rings (SSSR count). The van der Waals surface area contributed by atoms with Gasteiger partial charge in [0.15, 0.2) is 5.13 Å². The lowest BCUT2D eigenvalue weighted by Crippen LogP contribution is -2.28. The molecule has 0 spiro atoms. The van der Waals surface area contributed by atoms with Crippen LogP contribution in [0.3, 0.4) is 0 Å². The molecule has 1 aromatic carbocycles. The summed E-state index contributed by atoms with van der Waals surface area (Å²) in [4.78, 5) is 16.2. The lowest BCUT2D eigenvalue weighted by atomic mass is 10.2. The average Bonchev–Trinajstić information content (AvgIpc) is 3.00. The van der Waals surface area contributed by atoms with E-state index in [9.17, 15) is 4.79 Å². The number of carbonyl (C=O) groups excluding carboxylic acids is 1. The maximum Gasteiger partial charge on any atom is 0.321 e. The molecular weight excluding hydrogens is 371 g/mol. The van der Waals surface area contributed by atoms with Crippen LogP contribution >= 0.6 is 34.5 Å². The maximum atomic E-state index is 11.9. The zero-order chi connectivity index (χ0) is 17.4. The van der Waals surface area contributed by atoms with Gasteiger partial charge >= 0.3 is 6.03 Å². The van der Waals surface area contributed by atoms with Crippen molar-refractivity contribution in [2.75, 3.05) is 25.6 Å². The largest absolute Gasteiger partial charge is 0.383 e. The topological polar surface area (TPSA) is 75.3 Å². The van der Waals surface area contributed by atoms with Gasteiger partial charge in [-0.1, -0.05) is 29.3 Å². The number of ether oxygens (including phenoxy) is 1. The number of hydrogen-bond acceptors (Lipinski definition) is 5. The van der Waals surface area contributed by atoms with E-state index in [0.717, 1.165) is 17.8 Å². The summed E-state index contributed by atoms with van der Waals surface area (Å²) in [6.07, 6.45) is 0. The molecule has 3 N–H and O–H groups in total. The van der Waals surface area contributed by atoms with Crippen molar-refractivity contribution in [1.29, 1.82) is 0 Å². The van der Waals surface area contributed by atoms with E-state index < -0.39 is 0 Å². The summed E-state index contributed by atoms with van der Waals surface area (Å²) in [5.74, 6) is 0. The number of urea groups is 1. The summed E-state index contributed by atoms with van der Waals surface area (Å²) in [5, 5.41) is 12.0. The predicted octanol–water partition coefficient (Wildman–Crippen LogP) is 3.51. The van der Waals surface area contributed by atoms with Gasteiger partial charge in [0.05, 0.1) is 22.3 Å². The van der Waals surface area contributed by atoms with Gasteiger partial charge in [-0.05, 0) is 17.7 Å². The van der Waals surface area contributed by atoms with Crippen LogP contribution in [0.25, 0.3) is 0 Å². The summed E-state index contributed by atoms with van der Waals surface area (Å²) in [6.45, 7) is 2.37. The van der Waals surface area contributed by atoms with E-state index in [-0.39, 0.29) is 6.03 Å². The van der Waals surface area contributed by atoms with Crippen molar-refractivity contribution in [3.63, 3.8) is 0 Å². The smallest absolute Gasteiger partial charge is 0.321 e. The number of benzene rings is 1. The fourth-order valence-electron chi connectivity index (χ4n) is 1.81. The van der Waals surface area contributed by atoms with Crippen molar-refractivity contribution in [3.05, 3.63) is 44.9 Å². The molecule has 2 aromatic rings. The normalized spacial score (nSPS) is 10.6. The second-order valence-corrected chi connectivity index (χ2v) is 6.54. The van der Waals surface area contributed by atoms with Crippen molar-refractivity contribution in [2.45, 2.75) is 13.1 Å². The molecule has 0 unspecified atom stereocenters. The fraction of sp³-hybridized carbons (Fsp3) is 0.333. The Kier molecular flexibility index (Phi) is 7.74. The third kappa shape index (κ3) is 6.26. The van der Waals surface area contributed by atoms with Crippen LogP contribution in [-0.2, 0) is 17.8 Å². The molecule has 0 radical (unpaired) electrons. The fourth-order valence-corrected chi connectivity index (χ4v) is 2.84. The van der Waals surface area contributed by atoms with Crippen molar-refractivity contribution in [1.82, 2.24) is 15.6 Å². The van der Waals surface area contributed by atoms with Gasteiger partial charge in [-0.25, -0.2) is 9.78 Å². The number of aromatic nitrogens is 1. The van der Waals surface area contributed by atoms with Crippen molar-refractivity contribution >= 4 is 45.7 Å². The first kappa shape index (κ1) is 19.0. The van der Waals surface area contributed by atoms with Gasteiger partial charge in [-0.15, -0.1) is 11.3 Å². The van der Waals surface area contributed by atoms with E-state index in [0.29, 0.717) is 34.9 Å². The van der Waals surface area contributed by atoms with Crippen molar-refractivity contribution in [3.8, 4) is 0 Å². The molecular formula is C15H18Cl2N4O2S. The Hall–Kier alpha value is -1.38. The Morgan fingerprint density at radius 1 is 1.29 bits per heavy atom. The number of methoxy groups -OCH3 is 1. The van der Waals surface area contributed by atoms with Gasteiger partial charge in [0.1, 0.15) is 0 Å². The monoisotopic (exact) mass is 388 g/mol. The Bertz CT molecular complexity index is 681. The summed E-state index contributed by atoms with van der Waals surface area (Å²) >= 11 is 13.2. The average molecular weight is 389 g/mol. The van der Waals surface area contributed by atoms with Gasteiger partial charge < -0.3 is 15.4 Å². The Labute approximate surface area is 154 Å². The van der Waals surface area contributed by atoms with E-state index in [1.807, 2.05) is 11.4 Å². The van der Waals surface area contributed by atoms with E-state index in [1.54, 1.807) is 19.2 Å². The van der Waals surface area contributed by atoms with E-state index in [4.69, 9.17) is 27.9 Å². The molecule has 24 heavy (non-hydrogen) atoms. The second-order valence-electron chi connectivity index (χ2n) is 4.87. The minimum absolute atomic E-state index is 0.325.